The molecule has 0 amide bonds. The van der Waals surface area contributed by atoms with Gasteiger partial charge in [0, 0.05) is 18.0 Å². The molecule has 0 fully saturated rings. The Morgan fingerprint density at radius 3 is 2.59 bits per heavy atom. The van der Waals surface area contributed by atoms with Crippen molar-refractivity contribution in [3.8, 4) is 11.5 Å². The smallest absolute Gasteiger partial charge is 0.353 e. The number of anilines is 4. The Kier molecular flexibility index (Phi) is 4.13. The topological polar surface area (TPSA) is 124 Å². The largest absolute Gasteiger partial charge is 0.454 e. The number of nitro groups is 1. The number of benzene rings is 1. The van der Waals surface area contributed by atoms with Crippen LogP contribution in [0.3, 0.4) is 0 Å². The van der Waals surface area contributed by atoms with Crippen LogP contribution in [0.1, 0.15) is 5.56 Å². The number of nitrogens with zero attached hydrogens (tertiary/aromatic N) is 4. The molecular weight excluding hydrogens is 352 g/mol. The van der Waals surface area contributed by atoms with E-state index >= 15 is 0 Å². The molecule has 10 heteroatoms. The first-order valence-electron chi connectivity index (χ1n) is 7.96. The molecule has 2 aromatic heterocycles. The molecular formula is C17H14N6O4. The number of hydrogen-bond acceptors (Lipinski definition) is 9. The number of fused-ring (bicyclic) bond motifs is 1. The number of aromatic nitrogens is 3. The van der Waals surface area contributed by atoms with Crippen LogP contribution >= 0.6 is 0 Å². The zero-order valence-electron chi connectivity index (χ0n) is 14.2. The maximum atomic E-state index is 11.7. The third-order valence-electron chi connectivity index (χ3n) is 3.89. The minimum Gasteiger partial charge on any atom is -0.454 e. The lowest BCUT2D eigenvalue weighted by Crippen LogP contribution is -2.06. The molecule has 1 aliphatic rings. The van der Waals surface area contributed by atoms with Crippen molar-refractivity contribution < 1.29 is 14.4 Å². The minimum absolute atomic E-state index is 0.0417. The number of rotatable bonds is 5. The van der Waals surface area contributed by atoms with Crippen LogP contribution in [-0.2, 0) is 0 Å². The van der Waals surface area contributed by atoms with E-state index in [1.165, 1.54) is 6.33 Å². The van der Waals surface area contributed by atoms with Gasteiger partial charge in [-0.2, -0.15) is 0 Å². The summed E-state index contributed by atoms with van der Waals surface area (Å²) in [4.78, 5) is 23.3. The summed E-state index contributed by atoms with van der Waals surface area (Å²) >= 11 is 0. The van der Waals surface area contributed by atoms with E-state index in [2.05, 4.69) is 25.6 Å². The summed E-state index contributed by atoms with van der Waals surface area (Å²) in [7, 11) is 0. The van der Waals surface area contributed by atoms with Crippen molar-refractivity contribution in [2.45, 2.75) is 6.92 Å². The molecule has 0 spiro atoms. The molecule has 10 nitrogen and oxygen atoms in total. The zero-order chi connectivity index (χ0) is 18.8. The van der Waals surface area contributed by atoms with Crippen LogP contribution in [0.5, 0.6) is 11.5 Å². The predicted molar refractivity (Wildman–Crippen MR) is 96.8 cm³/mol. The van der Waals surface area contributed by atoms with Crippen LogP contribution in [0.15, 0.2) is 42.9 Å². The zero-order valence-corrected chi connectivity index (χ0v) is 14.2. The van der Waals surface area contributed by atoms with Gasteiger partial charge in [-0.25, -0.2) is 15.0 Å². The van der Waals surface area contributed by atoms with Gasteiger partial charge in [-0.1, -0.05) is 6.07 Å². The molecule has 0 bridgehead atoms. The third kappa shape index (κ3) is 3.27. The van der Waals surface area contributed by atoms with Crippen molar-refractivity contribution in [3.05, 3.63) is 58.5 Å². The Morgan fingerprint density at radius 1 is 1.04 bits per heavy atom. The van der Waals surface area contributed by atoms with E-state index in [4.69, 9.17) is 9.47 Å². The van der Waals surface area contributed by atoms with Crippen molar-refractivity contribution in [2.75, 3.05) is 17.4 Å². The number of hydrogen-bond donors (Lipinski definition) is 2. The van der Waals surface area contributed by atoms with Gasteiger partial charge < -0.3 is 20.1 Å². The second-order valence-corrected chi connectivity index (χ2v) is 5.66. The normalized spacial score (nSPS) is 11.9. The molecule has 3 heterocycles. The lowest BCUT2D eigenvalue weighted by Gasteiger charge is -2.11. The highest BCUT2D eigenvalue weighted by molar-refractivity contribution is 5.77. The second-order valence-electron chi connectivity index (χ2n) is 5.66. The number of pyridine rings is 1. The van der Waals surface area contributed by atoms with E-state index in [9.17, 15) is 10.1 Å². The van der Waals surface area contributed by atoms with Crippen LogP contribution in [0.2, 0.25) is 0 Å². The first-order chi connectivity index (χ1) is 13.1. The van der Waals surface area contributed by atoms with Crippen LogP contribution < -0.4 is 20.1 Å². The molecule has 0 aliphatic carbocycles. The molecule has 1 aromatic carbocycles. The van der Waals surface area contributed by atoms with Crippen LogP contribution in [0.4, 0.5) is 28.8 Å². The molecule has 27 heavy (non-hydrogen) atoms. The maximum Gasteiger partial charge on any atom is 0.353 e. The maximum absolute atomic E-state index is 11.7. The first kappa shape index (κ1) is 16.5. The van der Waals surface area contributed by atoms with E-state index in [0.717, 1.165) is 5.56 Å². The lowest BCUT2D eigenvalue weighted by molar-refractivity contribution is -0.383. The summed E-state index contributed by atoms with van der Waals surface area (Å²) in [6.07, 6.45) is 2.83. The average molecular weight is 366 g/mol. The predicted octanol–water partition coefficient (Wildman–Crippen LogP) is 3.30. The Hall–Kier alpha value is -3.95. The van der Waals surface area contributed by atoms with E-state index < -0.39 is 4.92 Å². The van der Waals surface area contributed by atoms with Gasteiger partial charge in [0.15, 0.2) is 11.5 Å². The molecule has 136 valence electrons. The van der Waals surface area contributed by atoms with Crippen molar-refractivity contribution in [2.24, 2.45) is 0 Å². The summed E-state index contributed by atoms with van der Waals surface area (Å²) in [5, 5.41) is 17.5. The lowest BCUT2D eigenvalue weighted by atomic mass is 10.2. The van der Waals surface area contributed by atoms with E-state index in [-0.39, 0.29) is 24.1 Å². The minimum atomic E-state index is -0.546. The summed E-state index contributed by atoms with van der Waals surface area (Å²) in [6, 6.07) is 8.74. The van der Waals surface area contributed by atoms with Gasteiger partial charge in [-0.15, -0.1) is 0 Å². The second kappa shape index (κ2) is 6.75. The number of aryl methyl sites for hydroxylation is 1. The Bertz CT molecular complexity index is 1030. The molecule has 0 saturated carbocycles. The van der Waals surface area contributed by atoms with E-state index in [1.807, 2.05) is 13.0 Å². The van der Waals surface area contributed by atoms with Gasteiger partial charge in [-0.05, 0) is 30.7 Å². The van der Waals surface area contributed by atoms with Gasteiger partial charge in [0.25, 0.3) is 0 Å². The highest BCUT2D eigenvalue weighted by Crippen LogP contribution is 2.37. The van der Waals surface area contributed by atoms with Crippen molar-refractivity contribution >= 4 is 28.8 Å². The average Bonchev–Trinajstić information content (AvgIpc) is 3.11. The fraction of sp³-hybridized carbons (Fsp3) is 0.118. The van der Waals surface area contributed by atoms with Gasteiger partial charge in [0.2, 0.25) is 18.4 Å². The molecule has 0 saturated heterocycles. The molecule has 1 aliphatic heterocycles. The number of nitrogens with one attached hydrogen (secondary N) is 2. The summed E-state index contributed by atoms with van der Waals surface area (Å²) in [5.74, 6) is 1.74. The fourth-order valence-corrected chi connectivity index (χ4v) is 2.57. The van der Waals surface area contributed by atoms with Gasteiger partial charge in [-0.3, -0.25) is 10.1 Å². The van der Waals surface area contributed by atoms with Gasteiger partial charge >= 0.3 is 5.69 Å². The van der Waals surface area contributed by atoms with Gasteiger partial charge in [0.05, 0.1) is 4.92 Å². The monoisotopic (exact) mass is 366 g/mol. The molecule has 2 N–H and O–H groups in total. The summed E-state index contributed by atoms with van der Waals surface area (Å²) in [5.41, 5.74) is 1.11. The highest BCUT2D eigenvalue weighted by Gasteiger charge is 2.24. The summed E-state index contributed by atoms with van der Waals surface area (Å²) in [6.45, 7) is 1.98. The molecule has 0 atom stereocenters. The molecule has 3 aromatic rings. The van der Waals surface area contributed by atoms with Crippen LogP contribution in [0, 0.1) is 17.0 Å². The fourth-order valence-electron chi connectivity index (χ4n) is 2.57. The molecule has 0 unspecified atom stereocenters. The first-order valence-corrected chi connectivity index (χ1v) is 7.96. The van der Waals surface area contributed by atoms with Crippen LogP contribution in [-0.4, -0.2) is 26.7 Å². The standard InChI is InChI=1S/C17H14N6O4/c1-10-3-2-6-18-15(10)22-17-14(23(24)25)16(19-8-20-17)21-11-4-5-12-13(7-11)27-9-26-12/h2-8H,9H2,1H3,(H2,18,19,20,21,22). The highest BCUT2D eigenvalue weighted by atomic mass is 16.7. The van der Waals surface area contributed by atoms with Crippen LogP contribution in [0.25, 0.3) is 0 Å². The number of ether oxygens (including phenoxy) is 2. The van der Waals surface area contributed by atoms with E-state index in [0.29, 0.717) is 23.0 Å². The van der Waals surface area contributed by atoms with Crippen molar-refractivity contribution in [3.63, 3.8) is 0 Å². The molecule has 4 rings (SSSR count). The Balaban J connectivity index is 1.69. The Labute approximate surface area is 153 Å². The SMILES string of the molecule is Cc1cccnc1Nc1ncnc(Nc2ccc3c(c2)OCO3)c1[N+](=O)[O-]. The van der Waals surface area contributed by atoms with Crippen molar-refractivity contribution in [1.29, 1.82) is 0 Å². The van der Waals surface area contributed by atoms with Gasteiger partial charge in [0.1, 0.15) is 12.1 Å². The third-order valence-corrected chi connectivity index (χ3v) is 3.89. The van der Waals surface area contributed by atoms with E-state index in [1.54, 1.807) is 30.5 Å². The summed E-state index contributed by atoms with van der Waals surface area (Å²) < 4.78 is 10.6. The van der Waals surface area contributed by atoms with Crippen molar-refractivity contribution in [1.82, 2.24) is 15.0 Å². The quantitative estimate of drug-likeness (QED) is 0.517. The Morgan fingerprint density at radius 2 is 1.81 bits per heavy atom. The molecule has 0 radical (unpaired) electrons.